The minimum Gasteiger partial charge on any atom is -0.342 e. The van der Waals surface area contributed by atoms with Crippen molar-refractivity contribution in [3.63, 3.8) is 0 Å². The van der Waals surface area contributed by atoms with Crippen molar-refractivity contribution in [3.05, 3.63) is 57.8 Å². The van der Waals surface area contributed by atoms with Gasteiger partial charge < -0.3 is 4.90 Å². The first-order valence-corrected chi connectivity index (χ1v) is 10.1. The van der Waals surface area contributed by atoms with Crippen LogP contribution >= 0.6 is 0 Å². The summed E-state index contributed by atoms with van der Waals surface area (Å²) in [7, 11) is 0. The van der Waals surface area contributed by atoms with E-state index in [1.165, 1.54) is 6.42 Å². The molecule has 0 unspecified atom stereocenters. The lowest BCUT2D eigenvalue weighted by Gasteiger charge is -2.31. The molecular formula is C21H24N6O. The number of fused-ring (bicyclic) bond motifs is 2. The first-order valence-electron chi connectivity index (χ1n) is 10.1. The molecule has 1 fully saturated rings. The Kier molecular flexibility index (Phi) is 4.52. The number of nitrogens with one attached hydrogen (secondary N) is 1. The second-order valence-electron chi connectivity index (χ2n) is 7.66. The summed E-state index contributed by atoms with van der Waals surface area (Å²) in [5.74, 6) is 0.737. The van der Waals surface area contributed by atoms with Crippen molar-refractivity contribution in [1.82, 2.24) is 24.8 Å². The Labute approximate surface area is 163 Å². The number of aromatic amines is 1. The molecule has 0 radical (unpaired) electrons. The molecule has 7 heteroatoms. The predicted molar refractivity (Wildman–Crippen MR) is 108 cm³/mol. The Morgan fingerprint density at radius 3 is 2.79 bits per heavy atom. The summed E-state index contributed by atoms with van der Waals surface area (Å²) in [6.45, 7) is 4.26. The fourth-order valence-electron chi connectivity index (χ4n) is 4.29. The van der Waals surface area contributed by atoms with Gasteiger partial charge in [-0.3, -0.25) is 24.6 Å². The number of nitrogens with zero attached hydrogens (tertiary/aromatic N) is 5. The molecule has 0 bridgehead atoms. The maximum absolute atomic E-state index is 12.6. The van der Waals surface area contributed by atoms with Crippen LogP contribution in [-0.2, 0) is 19.5 Å². The zero-order chi connectivity index (χ0) is 18.9. The summed E-state index contributed by atoms with van der Waals surface area (Å²) in [4.78, 5) is 34.0. The van der Waals surface area contributed by atoms with Gasteiger partial charge in [0.1, 0.15) is 0 Å². The van der Waals surface area contributed by atoms with E-state index in [0.717, 1.165) is 79.2 Å². The van der Waals surface area contributed by atoms with Crippen LogP contribution in [0, 0.1) is 0 Å². The normalized spacial score (nSPS) is 17.6. The molecular weight excluding hydrogens is 352 g/mol. The maximum atomic E-state index is 12.6. The fraction of sp³-hybridized carbons (Fsp3) is 0.429. The molecule has 3 aromatic rings. The van der Waals surface area contributed by atoms with E-state index in [1.54, 1.807) is 12.4 Å². The number of H-pyrrole nitrogens is 1. The summed E-state index contributed by atoms with van der Waals surface area (Å²) < 4.78 is 0. The lowest BCUT2D eigenvalue weighted by atomic mass is 10.0. The van der Waals surface area contributed by atoms with Crippen molar-refractivity contribution in [3.8, 4) is 0 Å². The van der Waals surface area contributed by atoms with Crippen molar-refractivity contribution in [2.24, 2.45) is 0 Å². The van der Waals surface area contributed by atoms with Gasteiger partial charge in [-0.15, -0.1) is 0 Å². The largest absolute Gasteiger partial charge is 0.342 e. The number of hydrogen-bond acceptors (Lipinski definition) is 6. The van der Waals surface area contributed by atoms with Gasteiger partial charge in [0.15, 0.2) is 0 Å². The van der Waals surface area contributed by atoms with Gasteiger partial charge in [-0.2, -0.15) is 0 Å². The van der Waals surface area contributed by atoms with Crippen LogP contribution in [0.1, 0.15) is 36.1 Å². The van der Waals surface area contributed by atoms with Crippen molar-refractivity contribution in [2.45, 2.75) is 38.8 Å². The Bertz CT molecular complexity index is 1050. The molecule has 2 aliphatic rings. The molecule has 5 rings (SSSR count). The molecule has 28 heavy (non-hydrogen) atoms. The summed E-state index contributed by atoms with van der Waals surface area (Å²) >= 11 is 0. The number of rotatable bonds is 3. The molecule has 4 heterocycles. The van der Waals surface area contributed by atoms with Crippen LogP contribution in [0.4, 0.5) is 5.95 Å². The van der Waals surface area contributed by atoms with Crippen LogP contribution in [0.25, 0.3) is 11.0 Å². The first-order chi connectivity index (χ1) is 13.8. The smallest absolute Gasteiger partial charge is 0.255 e. The first kappa shape index (κ1) is 17.3. The third-order valence-electron chi connectivity index (χ3n) is 5.77. The Hall–Kier alpha value is -2.80. The Morgan fingerprint density at radius 2 is 1.89 bits per heavy atom. The minimum absolute atomic E-state index is 0.0289. The fourth-order valence-corrected chi connectivity index (χ4v) is 4.29. The van der Waals surface area contributed by atoms with Gasteiger partial charge in [0, 0.05) is 50.7 Å². The quantitative estimate of drug-likeness (QED) is 0.756. The maximum Gasteiger partial charge on any atom is 0.255 e. The predicted octanol–water partition coefficient (Wildman–Crippen LogP) is 2.26. The van der Waals surface area contributed by atoms with E-state index >= 15 is 0 Å². The molecule has 2 aromatic heterocycles. The lowest BCUT2D eigenvalue weighted by Crippen LogP contribution is -2.38. The van der Waals surface area contributed by atoms with Crippen molar-refractivity contribution < 1.29 is 0 Å². The van der Waals surface area contributed by atoms with Crippen LogP contribution in [-0.4, -0.2) is 44.5 Å². The van der Waals surface area contributed by atoms with E-state index in [9.17, 15) is 4.79 Å². The highest BCUT2D eigenvalue weighted by atomic mass is 16.1. The third kappa shape index (κ3) is 3.26. The van der Waals surface area contributed by atoms with Gasteiger partial charge in [-0.1, -0.05) is 12.1 Å². The molecule has 1 aromatic carbocycles. The minimum atomic E-state index is 0.0289. The topological polar surface area (TPSA) is 78.0 Å². The SMILES string of the molecule is O=c1[nH]c(N2CCCCC2)nc2c1CCN(Cc1cccc3nccnc13)C2. The molecule has 1 N–H and O–H groups in total. The zero-order valence-corrected chi connectivity index (χ0v) is 15.9. The average molecular weight is 376 g/mol. The van der Waals surface area contributed by atoms with Crippen LogP contribution in [0.3, 0.4) is 0 Å². The molecule has 2 aliphatic heterocycles. The van der Waals surface area contributed by atoms with Crippen LogP contribution in [0.2, 0.25) is 0 Å². The van der Waals surface area contributed by atoms with E-state index in [4.69, 9.17) is 4.98 Å². The standard InChI is InChI=1S/C21H24N6O/c28-20-16-7-12-26(13-15-5-4-6-17-19(15)23-9-8-22-17)14-18(16)24-21(25-20)27-10-2-1-3-11-27/h4-6,8-9H,1-3,7,10-14H2,(H,24,25,28). The van der Waals surface area contributed by atoms with Gasteiger partial charge in [0.2, 0.25) is 5.95 Å². The Balaban J connectivity index is 1.41. The van der Waals surface area contributed by atoms with Crippen molar-refractivity contribution in [1.29, 1.82) is 0 Å². The molecule has 1 saturated heterocycles. The highest BCUT2D eigenvalue weighted by Gasteiger charge is 2.23. The summed E-state index contributed by atoms with van der Waals surface area (Å²) in [5, 5.41) is 0. The van der Waals surface area contributed by atoms with Crippen molar-refractivity contribution >= 4 is 17.0 Å². The highest BCUT2D eigenvalue weighted by Crippen LogP contribution is 2.22. The van der Waals surface area contributed by atoms with E-state index in [1.807, 2.05) is 12.1 Å². The highest BCUT2D eigenvalue weighted by molar-refractivity contribution is 5.77. The second kappa shape index (κ2) is 7.31. The average Bonchev–Trinajstić information content (AvgIpc) is 2.74. The third-order valence-corrected chi connectivity index (χ3v) is 5.77. The summed E-state index contributed by atoms with van der Waals surface area (Å²) in [6.07, 6.45) is 7.77. The number of piperidine rings is 1. The second-order valence-corrected chi connectivity index (χ2v) is 7.66. The molecule has 0 saturated carbocycles. The monoisotopic (exact) mass is 376 g/mol. The van der Waals surface area contributed by atoms with Crippen LogP contribution in [0.15, 0.2) is 35.4 Å². The zero-order valence-electron chi connectivity index (χ0n) is 15.9. The van der Waals surface area contributed by atoms with E-state index < -0.39 is 0 Å². The van der Waals surface area contributed by atoms with E-state index in [2.05, 4.69) is 30.8 Å². The van der Waals surface area contributed by atoms with E-state index in [-0.39, 0.29) is 5.56 Å². The van der Waals surface area contributed by atoms with Crippen LogP contribution < -0.4 is 10.5 Å². The number of aromatic nitrogens is 4. The Morgan fingerprint density at radius 1 is 1.04 bits per heavy atom. The van der Waals surface area contributed by atoms with E-state index in [0.29, 0.717) is 6.54 Å². The van der Waals surface area contributed by atoms with Gasteiger partial charge in [0.25, 0.3) is 5.56 Å². The number of para-hydroxylation sites is 1. The van der Waals surface area contributed by atoms with Crippen LogP contribution in [0.5, 0.6) is 0 Å². The van der Waals surface area contributed by atoms with Gasteiger partial charge in [-0.05, 0) is 37.3 Å². The number of anilines is 1. The molecule has 0 amide bonds. The molecule has 0 aliphatic carbocycles. The molecule has 7 nitrogen and oxygen atoms in total. The molecule has 0 atom stereocenters. The van der Waals surface area contributed by atoms with Gasteiger partial charge >= 0.3 is 0 Å². The summed E-state index contributed by atoms with van der Waals surface area (Å²) in [6, 6.07) is 6.13. The number of hydrogen-bond donors (Lipinski definition) is 1. The van der Waals surface area contributed by atoms with Gasteiger partial charge in [0.05, 0.1) is 16.7 Å². The molecule has 0 spiro atoms. The van der Waals surface area contributed by atoms with Gasteiger partial charge in [-0.25, -0.2) is 4.98 Å². The molecule has 144 valence electrons. The van der Waals surface area contributed by atoms with Crippen molar-refractivity contribution in [2.75, 3.05) is 24.5 Å². The summed E-state index contributed by atoms with van der Waals surface area (Å²) in [5.41, 5.74) is 4.82. The number of benzene rings is 1. The lowest BCUT2D eigenvalue weighted by molar-refractivity contribution is 0.241.